The molecule has 5 heteroatoms. The zero-order valence-electron chi connectivity index (χ0n) is 15.1. The summed E-state index contributed by atoms with van der Waals surface area (Å²) in [6.45, 7) is 1.56. The lowest BCUT2D eigenvalue weighted by atomic mass is 10.2. The van der Waals surface area contributed by atoms with Gasteiger partial charge in [0.05, 0.1) is 12.2 Å². The first-order chi connectivity index (χ1) is 13.3. The van der Waals surface area contributed by atoms with Gasteiger partial charge in [0.15, 0.2) is 0 Å². The lowest BCUT2D eigenvalue weighted by Crippen LogP contribution is -2.25. The fraction of sp³-hybridized carbons (Fsp3) is 0.182. The summed E-state index contributed by atoms with van der Waals surface area (Å²) < 4.78 is 5.77. The lowest BCUT2D eigenvalue weighted by molar-refractivity contribution is -0.121. The Bertz CT molecular complexity index is 821. The van der Waals surface area contributed by atoms with Crippen LogP contribution >= 0.6 is 0 Å². The van der Waals surface area contributed by atoms with Gasteiger partial charge in [-0.15, -0.1) is 0 Å². The SMILES string of the molecule is O=C(CCNc1ccc(OCc2ccccc2)cc1)NCc1ccccn1. The van der Waals surface area contributed by atoms with E-state index in [0.717, 1.165) is 22.7 Å². The lowest BCUT2D eigenvalue weighted by Gasteiger charge is -2.09. The van der Waals surface area contributed by atoms with Crippen LogP contribution in [0.3, 0.4) is 0 Å². The standard InChI is InChI=1S/C22H23N3O2/c26-22(25-16-20-8-4-5-14-23-20)13-15-24-19-9-11-21(12-10-19)27-17-18-6-2-1-3-7-18/h1-12,14,24H,13,15-17H2,(H,25,26). The normalized spacial score (nSPS) is 10.2. The molecule has 0 aliphatic rings. The van der Waals surface area contributed by atoms with E-state index in [4.69, 9.17) is 4.74 Å². The highest BCUT2D eigenvalue weighted by molar-refractivity contribution is 5.76. The number of aromatic nitrogens is 1. The van der Waals surface area contributed by atoms with Crippen molar-refractivity contribution < 1.29 is 9.53 Å². The van der Waals surface area contributed by atoms with Crippen LogP contribution in [0, 0.1) is 0 Å². The Morgan fingerprint density at radius 2 is 1.70 bits per heavy atom. The Morgan fingerprint density at radius 1 is 0.926 bits per heavy atom. The number of rotatable bonds is 9. The fourth-order valence-electron chi connectivity index (χ4n) is 2.51. The average molecular weight is 361 g/mol. The maximum absolute atomic E-state index is 11.9. The molecule has 0 radical (unpaired) electrons. The quantitative estimate of drug-likeness (QED) is 0.609. The molecule has 27 heavy (non-hydrogen) atoms. The summed E-state index contributed by atoms with van der Waals surface area (Å²) in [6, 6.07) is 23.5. The first-order valence-corrected chi connectivity index (χ1v) is 8.97. The Balaban J connectivity index is 1.35. The topological polar surface area (TPSA) is 63.2 Å². The van der Waals surface area contributed by atoms with E-state index in [1.54, 1.807) is 6.20 Å². The molecule has 1 heterocycles. The largest absolute Gasteiger partial charge is 0.489 e. The van der Waals surface area contributed by atoms with Gasteiger partial charge in [0.2, 0.25) is 5.91 Å². The van der Waals surface area contributed by atoms with Crippen LogP contribution in [0.4, 0.5) is 5.69 Å². The van der Waals surface area contributed by atoms with Crippen molar-refractivity contribution in [2.24, 2.45) is 0 Å². The summed E-state index contributed by atoms with van der Waals surface area (Å²) in [5.41, 5.74) is 2.95. The number of nitrogens with zero attached hydrogens (tertiary/aromatic N) is 1. The third-order valence-electron chi connectivity index (χ3n) is 3.98. The molecule has 138 valence electrons. The number of hydrogen-bond acceptors (Lipinski definition) is 4. The molecule has 0 saturated carbocycles. The number of anilines is 1. The number of carbonyl (C=O) groups excluding carboxylic acids is 1. The van der Waals surface area contributed by atoms with Gasteiger partial charge in [-0.05, 0) is 42.0 Å². The van der Waals surface area contributed by atoms with Gasteiger partial charge in [-0.1, -0.05) is 36.4 Å². The third-order valence-corrected chi connectivity index (χ3v) is 3.98. The van der Waals surface area contributed by atoms with Crippen molar-refractivity contribution >= 4 is 11.6 Å². The predicted octanol–water partition coefficient (Wildman–Crippen LogP) is 3.78. The number of pyridine rings is 1. The summed E-state index contributed by atoms with van der Waals surface area (Å²) >= 11 is 0. The van der Waals surface area contributed by atoms with Crippen LogP contribution in [0.25, 0.3) is 0 Å². The number of nitrogens with one attached hydrogen (secondary N) is 2. The molecular weight excluding hydrogens is 338 g/mol. The van der Waals surface area contributed by atoms with Crippen LogP contribution in [-0.4, -0.2) is 17.4 Å². The summed E-state index contributed by atoms with van der Waals surface area (Å²) in [4.78, 5) is 16.1. The molecule has 1 aromatic heterocycles. The summed E-state index contributed by atoms with van der Waals surface area (Å²) in [6.07, 6.45) is 2.12. The Morgan fingerprint density at radius 3 is 2.44 bits per heavy atom. The smallest absolute Gasteiger partial charge is 0.222 e. The Labute approximate surface area is 159 Å². The van der Waals surface area contributed by atoms with Crippen molar-refractivity contribution in [2.75, 3.05) is 11.9 Å². The van der Waals surface area contributed by atoms with E-state index in [2.05, 4.69) is 15.6 Å². The van der Waals surface area contributed by atoms with Gasteiger partial charge in [-0.2, -0.15) is 0 Å². The van der Waals surface area contributed by atoms with Crippen LogP contribution in [0.5, 0.6) is 5.75 Å². The summed E-state index contributed by atoms with van der Waals surface area (Å²) in [7, 11) is 0. The first-order valence-electron chi connectivity index (χ1n) is 8.97. The van der Waals surface area contributed by atoms with Crippen LogP contribution in [-0.2, 0) is 17.9 Å². The van der Waals surface area contributed by atoms with Gasteiger partial charge in [0.1, 0.15) is 12.4 Å². The predicted molar refractivity (Wildman–Crippen MR) is 106 cm³/mol. The van der Waals surface area contributed by atoms with Crippen LogP contribution < -0.4 is 15.4 Å². The molecule has 0 unspecified atom stereocenters. The molecule has 0 fully saturated rings. The van der Waals surface area contributed by atoms with E-state index in [1.807, 2.05) is 72.8 Å². The van der Waals surface area contributed by atoms with Gasteiger partial charge in [-0.3, -0.25) is 9.78 Å². The molecule has 1 amide bonds. The van der Waals surface area contributed by atoms with Crippen molar-refractivity contribution in [3.05, 3.63) is 90.3 Å². The van der Waals surface area contributed by atoms with E-state index in [-0.39, 0.29) is 5.91 Å². The number of amides is 1. The second kappa shape index (κ2) is 9.97. The maximum atomic E-state index is 11.9. The number of hydrogen-bond donors (Lipinski definition) is 2. The second-order valence-electron chi connectivity index (χ2n) is 6.07. The van der Waals surface area contributed by atoms with Crippen molar-refractivity contribution in [1.82, 2.24) is 10.3 Å². The number of benzene rings is 2. The highest BCUT2D eigenvalue weighted by Crippen LogP contribution is 2.17. The van der Waals surface area contributed by atoms with Crippen molar-refractivity contribution in [1.29, 1.82) is 0 Å². The Hall–Kier alpha value is -3.34. The minimum Gasteiger partial charge on any atom is -0.489 e. The van der Waals surface area contributed by atoms with Gasteiger partial charge in [-0.25, -0.2) is 0 Å². The van der Waals surface area contributed by atoms with Crippen molar-refractivity contribution in [3.63, 3.8) is 0 Å². The van der Waals surface area contributed by atoms with Crippen molar-refractivity contribution in [2.45, 2.75) is 19.6 Å². The fourth-order valence-corrected chi connectivity index (χ4v) is 2.51. The molecule has 0 aliphatic heterocycles. The number of carbonyl (C=O) groups is 1. The summed E-state index contributed by atoms with van der Waals surface area (Å²) in [5.74, 6) is 0.813. The van der Waals surface area contributed by atoms with Crippen LogP contribution in [0.1, 0.15) is 17.7 Å². The molecule has 2 N–H and O–H groups in total. The molecule has 0 atom stereocenters. The van der Waals surface area contributed by atoms with Gasteiger partial charge in [0, 0.05) is 24.8 Å². The highest BCUT2D eigenvalue weighted by atomic mass is 16.5. The average Bonchev–Trinajstić information content (AvgIpc) is 2.73. The van der Waals surface area contributed by atoms with Crippen LogP contribution in [0.2, 0.25) is 0 Å². The third kappa shape index (κ3) is 6.47. The van der Waals surface area contributed by atoms with Gasteiger partial charge < -0.3 is 15.4 Å². The molecular formula is C22H23N3O2. The maximum Gasteiger partial charge on any atom is 0.222 e. The van der Waals surface area contributed by atoms with Crippen molar-refractivity contribution in [3.8, 4) is 5.75 Å². The van der Waals surface area contributed by atoms with Crippen LogP contribution in [0.15, 0.2) is 79.0 Å². The van der Waals surface area contributed by atoms with Gasteiger partial charge >= 0.3 is 0 Å². The van der Waals surface area contributed by atoms with Gasteiger partial charge in [0.25, 0.3) is 0 Å². The molecule has 2 aromatic carbocycles. The zero-order valence-corrected chi connectivity index (χ0v) is 15.1. The number of ether oxygens (including phenoxy) is 1. The monoisotopic (exact) mass is 361 g/mol. The molecule has 5 nitrogen and oxygen atoms in total. The van der Waals surface area contributed by atoms with E-state index in [9.17, 15) is 4.79 Å². The molecule has 0 bridgehead atoms. The first kappa shape index (κ1) is 18.5. The van der Waals surface area contributed by atoms with E-state index in [1.165, 1.54) is 0 Å². The minimum absolute atomic E-state index is 0.00373. The van der Waals surface area contributed by atoms with E-state index >= 15 is 0 Å². The molecule has 0 spiro atoms. The van der Waals surface area contributed by atoms with E-state index in [0.29, 0.717) is 26.1 Å². The Kier molecular flexibility index (Phi) is 6.81. The zero-order chi connectivity index (χ0) is 18.7. The minimum atomic E-state index is -0.00373. The molecule has 0 saturated heterocycles. The highest BCUT2D eigenvalue weighted by Gasteiger charge is 2.02. The summed E-state index contributed by atoms with van der Waals surface area (Å²) in [5, 5.41) is 6.11. The molecule has 0 aliphatic carbocycles. The van der Waals surface area contributed by atoms with E-state index < -0.39 is 0 Å². The molecule has 3 aromatic rings. The second-order valence-corrected chi connectivity index (χ2v) is 6.07. The molecule has 3 rings (SSSR count).